The van der Waals surface area contributed by atoms with Crippen molar-refractivity contribution >= 4 is 21.2 Å². The van der Waals surface area contributed by atoms with E-state index in [0.717, 1.165) is 37.0 Å². The van der Waals surface area contributed by atoms with Crippen molar-refractivity contribution < 1.29 is 17.9 Å². The first kappa shape index (κ1) is 22.1. The number of hydrogen-bond acceptors (Lipinski definition) is 3. The number of benzene rings is 2. The third-order valence-electron chi connectivity index (χ3n) is 4.03. The zero-order valence-corrected chi connectivity index (χ0v) is 17.3. The Hall–Kier alpha value is -1.23. The second-order valence-corrected chi connectivity index (χ2v) is 7.90. The van der Waals surface area contributed by atoms with Gasteiger partial charge in [0.25, 0.3) is 0 Å². The summed E-state index contributed by atoms with van der Waals surface area (Å²) in [6.45, 7) is 2.53. The van der Waals surface area contributed by atoms with E-state index < -0.39 is 6.36 Å². The van der Waals surface area contributed by atoms with Gasteiger partial charge in [0.15, 0.2) is 0 Å². The fraction of sp³-hybridized carbons (Fsp3) is 0.400. The summed E-state index contributed by atoms with van der Waals surface area (Å²) in [6.07, 6.45) is -0.572. The van der Waals surface area contributed by atoms with Gasteiger partial charge in [-0.15, -0.1) is 24.9 Å². The van der Waals surface area contributed by atoms with Crippen LogP contribution in [0, 0.1) is 6.92 Å². The normalized spacial score (nSPS) is 11.6. The van der Waals surface area contributed by atoms with Crippen LogP contribution >= 0.6 is 21.2 Å². The number of unbranched alkanes of at least 4 members (excludes halogenated alkanes) is 2. The van der Waals surface area contributed by atoms with E-state index in [0.29, 0.717) is 11.4 Å². The summed E-state index contributed by atoms with van der Waals surface area (Å²) in [5.41, 5.74) is 3.32. The molecule has 0 aliphatic heterocycles. The van der Waals surface area contributed by atoms with E-state index in [9.17, 15) is 13.2 Å². The zero-order chi connectivity index (χ0) is 19.7. The van der Waals surface area contributed by atoms with Crippen LogP contribution < -0.4 is 9.82 Å². The Balaban J connectivity index is 1.80. The third-order valence-corrected chi connectivity index (χ3v) is 5.37. The maximum absolute atomic E-state index is 12.7. The number of halogens is 3. The van der Waals surface area contributed by atoms with Gasteiger partial charge in [-0.3, -0.25) is 5.09 Å². The molecular formula is C20H25F3NOPS. The highest BCUT2D eigenvalue weighted by Gasteiger charge is 2.32. The first-order valence-corrected chi connectivity index (χ1v) is 10.4. The highest BCUT2D eigenvalue weighted by molar-refractivity contribution is 7.99. The Bertz CT molecular complexity index is 707. The zero-order valence-electron chi connectivity index (χ0n) is 15.3. The van der Waals surface area contributed by atoms with Crippen molar-refractivity contribution in [3.05, 3.63) is 59.2 Å². The lowest BCUT2D eigenvalue weighted by Crippen LogP contribution is -2.18. The number of nitrogens with one attached hydrogen (secondary N) is 1. The van der Waals surface area contributed by atoms with Gasteiger partial charge in [-0.05, 0) is 55.2 Å². The highest BCUT2D eigenvalue weighted by atomic mass is 32.2. The molecule has 148 valence electrons. The van der Waals surface area contributed by atoms with Gasteiger partial charge in [-0.25, -0.2) is 0 Å². The number of hydrogen-bond donors (Lipinski definition) is 1. The van der Waals surface area contributed by atoms with E-state index in [1.54, 1.807) is 6.07 Å². The van der Waals surface area contributed by atoms with Gasteiger partial charge in [-0.1, -0.05) is 51.7 Å². The van der Waals surface area contributed by atoms with Crippen LogP contribution in [-0.2, 0) is 13.0 Å². The quantitative estimate of drug-likeness (QED) is 0.280. The summed E-state index contributed by atoms with van der Waals surface area (Å²) in [5.74, 6) is 0.647. The molecule has 27 heavy (non-hydrogen) atoms. The van der Waals surface area contributed by atoms with Crippen LogP contribution in [0.1, 0.15) is 36.0 Å². The largest absolute Gasteiger partial charge is 0.573 e. The van der Waals surface area contributed by atoms with Crippen LogP contribution in [-0.4, -0.2) is 12.1 Å². The van der Waals surface area contributed by atoms with E-state index >= 15 is 0 Å². The molecule has 7 heteroatoms. The molecule has 1 atom stereocenters. The molecule has 0 radical (unpaired) electrons. The fourth-order valence-electron chi connectivity index (χ4n) is 2.65. The average Bonchev–Trinajstić information content (AvgIpc) is 2.60. The first-order chi connectivity index (χ1) is 12.9. The Morgan fingerprint density at radius 2 is 1.70 bits per heavy atom. The SMILES string of the molecule is Cc1ccc(CCCCCSc2ccc(CNP)cc2OC(F)(F)F)cc1. The monoisotopic (exact) mass is 415 g/mol. The highest BCUT2D eigenvalue weighted by Crippen LogP contribution is 2.34. The van der Waals surface area contributed by atoms with E-state index in [2.05, 4.69) is 50.4 Å². The van der Waals surface area contributed by atoms with Gasteiger partial charge < -0.3 is 4.74 Å². The molecule has 0 amide bonds. The Kier molecular flexibility index (Phi) is 8.94. The van der Waals surface area contributed by atoms with Gasteiger partial charge in [0.2, 0.25) is 0 Å². The van der Waals surface area contributed by atoms with E-state index in [1.165, 1.54) is 29.0 Å². The molecule has 1 N–H and O–H groups in total. The topological polar surface area (TPSA) is 21.3 Å². The Morgan fingerprint density at radius 3 is 2.37 bits per heavy atom. The number of alkyl halides is 3. The third kappa shape index (κ3) is 8.54. The summed E-state index contributed by atoms with van der Waals surface area (Å²) in [7, 11) is 2.33. The van der Waals surface area contributed by atoms with Crippen LogP contribution in [0.5, 0.6) is 5.75 Å². The van der Waals surface area contributed by atoms with E-state index in [-0.39, 0.29) is 5.75 Å². The van der Waals surface area contributed by atoms with Crippen molar-refractivity contribution in [3.63, 3.8) is 0 Å². The minimum absolute atomic E-state index is 0.120. The van der Waals surface area contributed by atoms with Crippen LogP contribution in [0.3, 0.4) is 0 Å². The summed E-state index contributed by atoms with van der Waals surface area (Å²) in [6, 6.07) is 13.5. The molecule has 0 spiro atoms. The predicted molar refractivity (Wildman–Crippen MR) is 109 cm³/mol. The van der Waals surface area contributed by atoms with Crippen LogP contribution in [0.2, 0.25) is 0 Å². The molecule has 0 aromatic heterocycles. The summed E-state index contributed by atoms with van der Waals surface area (Å²) >= 11 is 1.41. The average molecular weight is 415 g/mol. The molecule has 0 aliphatic carbocycles. The van der Waals surface area contributed by atoms with Crippen molar-refractivity contribution in [1.29, 1.82) is 0 Å². The molecular weight excluding hydrogens is 390 g/mol. The van der Waals surface area contributed by atoms with E-state index in [4.69, 9.17) is 0 Å². The molecule has 0 saturated carbocycles. The molecule has 0 heterocycles. The number of thioether (sulfide) groups is 1. The minimum atomic E-state index is -4.68. The first-order valence-electron chi connectivity index (χ1n) is 8.88. The molecule has 2 aromatic carbocycles. The molecule has 2 rings (SSSR count). The lowest BCUT2D eigenvalue weighted by molar-refractivity contribution is -0.275. The summed E-state index contributed by atoms with van der Waals surface area (Å²) in [4.78, 5) is 0.526. The van der Waals surface area contributed by atoms with Gasteiger partial charge in [0, 0.05) is 11.4 Å². The van der Waals surface area contributed by atoms with Crippen LogP contribution in [0.4, 0.5) is 13.2 Å². The van der Waals surface area contributed by atoms with Gasteiger partial charge in [0.1, 0.15) is 5.75 Å². The summed E-state index contributed by atoms with van der Waals surface area (Å²) < 4.78 is 42.2. The van der Waals surface area contributed by atoms with Crippen molar-refractivity contribution in [1.82, 2.24) is 5.09 Å². The maximum atomic E-state index is 12.7. The molecule has 2 nitrogen and oxygen atoms in total. The standard InChI is InChI=1S/C20H25F3NOPS/c1-15-6-8-16(9-7-15)5-3-2-4-12-27-19-11-10-17(14-24-26)13-18(19)25-20(21,22)23/h6-11,13,24H,2-5,12,14,26H2,1H3. The van der Waals surface area contributed by atoms with Crippen molar-refractivity contribution in [3.8, 4) is 5.75 Å². The number of rotatable bonds is 10. The number of ether oxygens (including phenoxy) is 1. The minimum Gasteiger partial charge on any atom is -0.405 e. The van der Waals surface area contributed by atoms with Gasteiger partial charge >= 0.3 is 6.36 Å². The van der Waals surface area contributed by atoms with Crippen LogP contribution in [0.15, 0.2) is 47.4 Å². The fourth-order valence-corrected chi connectivity index (χ4v) is 3.86. The van der Waals surface area contributed by atoms with Crippen molar-refractivity contribution in [2.75, 3.05) is 5.75 Å². The molecule has 0 bridgehead atoms. The number of aryl methyl sites for hydroxylation is 2. The Morgan fingerprint density at radius 1 is 1.00 bits per heavy atom. The van der Waals surface area contributed by atoms with Crippen molar-refractivity contribution in [2.24, 2.45) is 0 Å². The second-order valence-electron chi connectivity index (χ2n) is 6.35. The molecule has 1 unspecified atom stereocenters. The molecule has 2 aromatic rings. The molecule has 0 fully saturated rings. The lowest BCUT2D eigenvalue weighted by Gasteiger charge is -2.14. The van der Waals surface area contributed by atoms with Crippen molar-refractivity contribution in [2.45, 2.75) is 50.4 Å². The van der Waals surface area contributed by atoms with E-state index in [1.807, 2.05) is 6.07 Å². The van der Waals surface area contributed by atoms with Crippen LogP contribution in [0.25, 0.3) is 0 Å². The molecule has 0 aliphatic rings. The maximum Gasteiger partial charge on any atom is 0.573 e. The molecule has 0 saturated heterocycles. The summed E-state index contributed by atoms with van der Waals surface area (Å²) in [5, 5.41) is 2.85. The van der Waals surface area contributed by atoms with Gasteiger partial charge in [0.05, 0.1) is 0 Å². The lowest BCUT2D eigenvalue weighted by atomic mass is 10.1. The second kappa shape index (κ2) is 10.9. The predicted octanol–water partition coefficient (Wildman–Crippen LogP) is 6.28. The smallest absolute Gasteiger partial charge is 0.405 e. The van der Waals surface area contributed by atoms with Gasteiger partial charge in [-0.2, -0.15) is 0 Å². The Labute approximate surface area is 165 Å².